The number of halogens is 2. The molecule has 184 valence electrons. The van der Waals surface area contributed by atoms with Crippen molar-refractivity contribution in [3.8, 4) is 11.4 Å². The van der Waals surface area contributed by atoms with Crippen LogP contribution in [0, 0.1) is 0 Å². The van der Waals surface area contributed by atoms with E-state index in [1.165, 1.54) is 28.5 Å². The summed E-state index contributed by atoms with van der Waals surface area (Å²) in [4.78, 5) is 50.9. The number of amides is 2. The van der Waals surface area contributed by atoms with Gasteiger partial charge in [0.15, 0.2) is 9.75 Å². The lowest BCUT2D eigenvalue weighted by Gasteiger charge is -2.49. The van der Waals surface area contributed by atoms with E-state index in [9.17, 15) is 24.3 Å². The minimum atomic E-state index is -1.88. The van der Waals surface area contributed by atoms with Gasteiger partial charge in [0, 0.05) is 19.4 Å². The smallest absolute Gasteiger partial charge is 0.352 e. The van der Waals surface area contributed by atoms with E-state index in [1.807, 2.05) is 0 Å². The number of rotatable bonds is 2. The fraction of sp³-hybridized carbons (Fsp3) is 0.280. The summed E-state index contributed by atoms with van der Waals surface area (Å²) in [7, 11) is 1.33. The number of allylic oxidation sites excluding steroid dienone is 2. The predicted molar refractivity (Wildman–Crippen MR) is 132 cm³/mol. The van der Waals surface area contributed by atoms with Crippen LogP contribution >= 0.6 is 23.2 Å². The highest BCUT2D eigenvalue weighted by molar-refractivity contribution is 6.53. The average molecular weight is 527 g/mol. The molecular formula is C25H20Cl2N4O5. The molecule has 2 aromatic carbocycles. The number of phenols is 1. The van der Waals surface area contributed by atoms with Gasteiger partial charge in [0.1, 0.15) is 5.75 Å². The second-order valence-corrected chi connectivity index (χ2v) is 10.5. The maximum atomic E-state index is 13.7. The molecule has 6 rings (SSSR count). The molecule has 36 heavy (non-hydrogen) atoms. The van der Waals surface area contributed by atoms with Crippen molar-refractivity contribution in [2.24, 2.45) is 0 Å². The van der Waals surface area contributed by atoms with Gasteiger partial charge in [-0.25, -0.2) is 23.5 Å². The molecule has 0 radical (unpaired) electrons. The van der Waals surface area contributed by atoms with Crippen LogP contribution < -0.4 is 11.4 Å². The van der Waals surface area contributed by atoms with E-state index in [1.54, 1.807) is 48.5 Å². The predicted octanol–water partition coefficient (Wildman–Crippen LogP) is 2.13. The first-order valence-corrected chi connectivity index (χ1v) is 12.1. The van der Waals surface area contributed by atoms with E-state index in [4.69, 9.17) is 23.2 Å². The van der Waals surface area contributed by atoms with Crippen LogP contribution in [0.5, 0.6) is 5.75 Å². The van der Waals surface area contributed by atoms with Crippen LogP contribution in [-0.4, -0.2) is 52.5 Å². The molecule has 4 atom stereocenters. The molecule has 0 bridgehead atoms. The summed E-state index contributed by atoms with van der Waals surface area (Å²) in [6, 6.07) is 13.9. The Labute approximate surface area is 214 Å². The molecule has 0 unspecified atom stereocenters. The number of para-hydroxylation sites is 1. The Morgan fingerprint density at radius 2 is 1.58 bits per heavy atom. The number of aromatic hydroxyl groups is 1. The van der Waals surface area contributed by atoms with Crippen molar-refractivity contribution in [3.63, 3.8) is 0 Å². The standard InChI is InChI=1S/C25H20Cl2N4O5/c1-28-20(33)24(26)13-18-17(19(25(24,27)21(28)34)14-7-9-16(32)10-8-14)11-12-29-22(35)30(23(36)31(18)29)15-5-3-2-4-6-15/h2-11,18-19,32H,12-13H2,1H3/t18-,19+,24-,25+/m1/s1. The number of alkyl halides is 2. The number of imide groups is 1. The number of carbonyl (C=O) groups is 2. The summed E-state index contributed by atoms with van der Waals surface area (Å²) in [5, 5.41) is 9.84. The molecule has 1 saturated carbocycles. The summed E-state index contributed by atoms with van der Waals surface area (Å²) in [6.07, 6.45) is 1.61. The zero-order chi connectivity index (χ0) is 25.6. The van der Waals surface area contributed by atoms with Crippen molar-refractivity contribution in [2.75, 3.05) is 7.05 Å². The van der Waals surface area contributed by atoms with Crippen molar-refractivity contribution >= 4 is 35.0 Å². The Balaban J connectivity index is 1.61. The first-order valence-electron chi connectivity index (χ1n) is 11.3. The largest absolute Gasteiger partial charge is 0.508 e. The minimum Gasteiger partial charge on any atom is -0.508 e. The maximum Gasteiger partial charge on any atom is 0.352 e. The first-order chi connectivity index (χ1) is 17.1. The van der Waals surface area contributed by atoms with E-state index >= 15 is 0 Å². The number of fused-ring (bicyclic) bond motifs is 4. The lowest BCUT2D eigenvalue weighted by atomic mass is 9.64. The number of hydrogen-bond donors (Lipinski definition) is 1. The molecule has 1 N–H and O–H groups in total. The second kappa shape index (κ2) is 7.47. The van der Waals surface area contributed by atoms with Crippen LogP contribution in [0.1, 0.15) is 23.9 Å². The van der Waals surface area contributed by atoms with Gasteiger partial charge in [-0.05, 0) is 35.4 Å². The monoisotopic (exact) mass is 526 g/mol. The number of aromatic nitrogens is 3. The molecular weight excluding hydrogens is 507 g/mol. The van der Waals surface area contributed by atoms with Crippen LogP contribution in [0.15, 0.2) is 75.8 Å². The van der Waals surface area contributed by atoms with Gasteiger partial charge < -0.3 is 5.11 Å². The first kappa shape index (κ1) is 22.9. The van der Waals surface area contributed by atoms with E-state index in [0.29, 0.717) is 16.8 Å². The summed E-state index contributed by atoms with van der Waals surface area (Å²) in [5.74, 6) is -2.19. The fourth-order valence-corrected chi connectivity index (χ4v) is 6.84. The highest BCUT2D eigenvalue weighted by Crippen LogP contribution is 2.63. The van der Waals surface area contributed by atoms with E-state index in [0.717, 1.165) is 9.47 Å². The van der Waals surface area contributed by atoms with Crippen molar-refractivity contribution in [2.45, 2.75) is 34.7 Å². The Kier molecular flexibility index (Phi) is 4.75. The number of carbonyl (C=O) groups excluding carboxylic acids is 2. The molecule has 2 amide bonds. The van der Waals surface area contributed by atoms with E-state index in [-0.39, 0.29) is 18.7 Å². The van der Waals surface area contributed by atoms with Gasteiger partial charge in [-0.1, -0.05) is 36.4 Å². The molecule has 1 aliphatic carbocycles. The van der Waals surface area contributed by atoms with Crippen LogP contribution in [-0.2, 0) is 16.1 Å². The molecule has 2 fully saturated rings. The zero-order valence-corrected chi connectivity index (χ0v) is 20.5. The minimum absolute atomic E-state index is 0.0143. The lowest BCUT2D eigenvalue weighted by molar-refractivity contribution is -0.137. The molecule has 9 nitrogen and oxygen atoms in total. The van der Waals surface area contributed by atoms with Gasteiger partial charge in [-0.3, -0.25) is 14.5 Å². The highest BCUT2D eigenvalue weighted by Gasteiger charge is 2.74. The van der Waals surface area contributed by atoms with Gasteiger partial charge in [0.25, 0.3) is 11.8 Å². The van der Waals surface area contributed by atoms with Gasteiger partial charge in [-0.15, -0.1) is 23.2 Å². The quantitative estimate of drug-likeness (QED) is 0.312. The second-order valence-electron chi connectivity index (χ2n) is 9.29. The lowest BCUT2D eigenvalue weighted by Crippen LogP contribution is -2.59. The van der Waals surface area contributed by atoms with Gasteiger partial charge in [-0.2, -0.15) is 0 Å². The maximum absolute atomic E-state index is 13.7. The van der Waals surface area contributed by atoms with Gasteiger partial charge >= 0.3 is 11.4 Å². The normalized spacial score (nSPS) is 29.0. The number of likely N-dealkylation sites (tertiary alicyclic amines) is 1. The number of benzene rings is 2. The van der Waals surface area contributed by atoms with Crippen LogP contribution in [0.2, 0.25) is 0 Å². The Hall–Kier alpha value is -3.56. The highest BCUT2D eigenvalue weighted by atomic mass is 35.5. The van der Waals surface area contributed by atoms with Crippen molar-refractivity contribution in [3.05, 3.63) is 92.8 Å². The SMILES string of the molecule is CN1C(=O)[C@]2(Cl)C[C@@H]3C(=CCn4c(=O)n(-c5ccccc5)c(=O)n43)[C@H](c3ccc(O)cc3)[C@]2(Cl)C1=O. The third-order valence-corrected chi connectivity index (χ3v) is 8.94. The number of phenolic OH excluding ortho intramolecular Hbond substituents is 1. The van der Waals surface area contributed by atoms with E-state index < -0.39 is 44.9 Å². The topological polar surface area (TPSA) is 107 Å². The van der Waals surface area contributed by atoms with Crippen LogP contribution in [0.4, 0.5) is 0 Å². The fourth-order valence-electron chi connectivity index (χ4n) is 5.84. The summed E-state index contributed by atoms with van der Waals surface area (Å²) < 4.78 is 3.70. The Bertz CT molecular complexity index is 1590. The molecule has 0 spiro atoms. The molecule has 1 aromatic heterocycles. The molecule has 11 heteroatoms. The molecule has 3 aliphatic rings. The zero-order valence-electron chi connectivity index (χ0n) is 19.0. The summed E-state index contributed by atoms with van der Waals surface area (Å²) >= 11 is 14.1. The molecule has 3 heterocycles. The molecule has 2 aliphatic heterocycles. The Morgan fingerprint density at radius 1 is 0.917 bits per heavy atom. The van der Waals surface area contributed by atoms with Crippen molar-refractivity contribution < 1.29 is 14.7 Å². The summed E-state index contributed by atoms with van der Waals surface area (Å²) in [5.41, 5.74) is 0.453. The average Bonchev–Trinajstić information content (AvgIpc) is 3.20. The van der Waals surface area contributed by atoms with Gasteiger partial charge in [0.05, 0.1) is 18.3 Å². The number of nitrogens with zero attached hydrogens (tertiary/aromatic N) is 4. The van der Waals surface area contributed by atoms with E-state index in [2.05, 4.69) is 0 Å². The Morgan fingerprint density at radius 3 is 2.25 bits per heavy atom. The third kappa shape index (κ3) is 2.67. The molecule has 3 aromatic rings. The van der Waals surface area contributed by atoms with Crippen molar-refractivity contribution in [1.82, 2.24) is 18.8 Å². The summed E-state index contributed by atoms with van der Waals surface area (Å²) in [6.45, 7) is 0.0640. The number of hydrogen-bond acceptors (Lipinski definition) is 5. The van der Waals surface area contributed by atoms with Gasteiger partial charge in [0.2, 0.25) is 0 Å². The molecule has 1 saturated heterocycles. The third-order valence-electron chi connectivity index (χ3n) is 7.52. The van der Waals surface area contributed by atoms with Crippen molar-refractivity contribution in [1.29, 1.82) is 0 Å². The van der Waals surface area contributed by atoms with Crippen LogP contribution in [0.25, 0.3) is 5.69 Å². The van der Waals surface area contributed by atoms with Crippen LogP contribution in [0.3, 0.4) is 0 Å².